The monoisotopic (exact) mass is 207 g/mol. The average molecular weight is 207 g/mol. The minimum absolute atomic E-state index is 0.258. The van der Waals surface area contributed by atoms with Crippen molar-refractivity contribution in [1.82, 2.24) is 4.98 Å². The molecule has 1 aromatic heterocycles. The van der Waals surface area contributed by atoms with Crippen LogP contribution in [0.2, 0.25) is 0 Å². The number of aliphatic hydroxyl groups excluding tert-OH is 1. The summed E-state index contributed by atoms with van der Waals surface area (Å²) in [6, 6.07) is 1.90. The van der Waals surface area contributed by atoms with Crippen LogP contribution in [0.3, 0.4) is 0 Å². The fourth-order valence-electron chi connectivity index (χ4n) is 1.96. The second-order valence-electron chi connectivity index (χ2n) is 4.21. The number of β-amino-alcohol motifs (C(OH)–C–C–N with tert-alkyl or cyclic N) is 1. The zero-order valence-electron chi connectivity index (χ0n) is 8.93. The van der Waals surface area contributed by atoms with Gasteiger partial charge in [0, 0.05) is 19.3 Å². The molecule has 1 saturated heterocycles. The van der Waals surface area contributed by atoms with Crippen LogP contribution in [0.25, 0.3) is 0 Å². The number of aliphatic hydroxyl groups is 1. The number of piperidine rings is 1. The van der Waals surface area contributed by atoms with E-state index in [1.54, 1.807) is 12.4 Å². The minimum atomic E-state index is -0.258. The number of rotatable bonds is 1. The van der Waals surface area contributed by atoms with Crippen LogP contribution in [0.5, 0.6) is 0 Å². The zero-order valence-corrected chi connectivity index (χ0v) is 8.93. The normalized spacial score (nSPS) is 26.7. The Morgan fingerprint density at radius 3 is 3.07 bits per heavy atom. The SMILES string of the molecule is CC1CCN(c2ccncc2N)CC1O. The molecule has 2 rings (SSSR count). The highest BCUT2D eigenvalue weighted by atomic mass is 16.3. The van der Waals surface area contributed by atoms with Crippen molar-refractivity contribution in [2.24, 2.45) is 5.92 Å². The number of nitrogens with two attached hydrogens (primary N) is 1. The van der Waals surface area contributed by atoms with E-state index in [2.05, 4.69) is 16.8 Å². The van der Waals surface area contributed by atoms with Gasteiger partial charge in [-0.25, -0.2) is 0 Å². The van der Waals surface area contributed by atoms with Crippen molar-refractivity contribution in [1.29, 1.82) is 0 Å². The summed E-state index contributed by atoms with van der Waals surface area (Å²) in [7, 11) is 0. The molecule has 15 heavy (non-hydrogen) atoms. The molecule has 2 unspecified atom stereocenters. The summed E-state index contributed by atoms with van der Waals surface area (Å²) in [5.41, 5.74) is 7.51. The molecule has 0 aliphatic carbocycles. The number of anilines is 2. The number of nitrogen functional groups attached to an aromatic ring is 1. The summed E-state index contributed by atoms with van der Waals surface area (Å²) >= 11 is 0. The van der Waals surface area contributed by atoms with Gasteiger partial charge in [-0.1, -0.05) is 6.92 Å². The summed E-state index contributed by atoms with van der Waals surface area (Å²) in [5, 5.41) is 9.80. The lowest BCUT2D eigenvalue weighted by molar-refractivity contribution is 0.103. The molecule has 4 nitrogen and oxygen atoms in total. The Morgan fingerprint density at radius 2 is 2.40 bits per heavy atom. The topological polar surface area (TPSA) is 62.4 Å². The fraction of sp³-hybridized carbons (Fsp3) is 0.545. The summed E-state index contributed by atoms with van der Waals surface area (Å²) in [6.07, 6.45) is 4.13. The summed E-state index contributed by atoms with van der Waals surface area (Å²) in [6.45, 7) is 3.69. The first-order valence-electron chi connectivity index (χ1n) is 5.31. The molecule has 3 N–H and O–H groups in total. The molecule has 0 amide bonds. The van der Waals surface area contributed by atoms with E-state index in [4.69, 9.17) is 5.73 Å². The molecule has 1 fully saturated rings. The lowest BCUT2D eigenvalue weighted by Gasteiger charge is -2.36. The first kappa shape index (κ1) is 10.2. The first-order chi connectivity index (χ1) is 7.18. The van der Waals surface area contributed by atoms with Gasteiger partial charge < -0.3 is 15.7 Å². The third-order valence-electron chi connectivity index (χ3n) is 3.09. The highest BCUT2D eigenvalue weighted by molar-refractivity contribution is 5.66. The van der Waals surface area contributed by atoms with Gasteiger partial charge in [0.2, 0.25) is 0 Å². The van der Waals surface area contributed by atoms with Gasteiger partial charge in [0.15, 0.2) is 0 Å². The molecule has 0 saturated carbocycles. The number of hydrogen-bond acceptors (Lipinski definition) is 4. The minimum Gasteiger partial charge on any atom is -0.396 e. The predicted octanol–water partition coefficient (Wildman–Crippen LogP) is 0.871. The zero-order chi connectivity index (χ0) is 10.8. The number of nitrogens with zero attached hydrogens (tertiary/aromatic N) is 2. The third kappa shape index (κ3) is 2.04. The molecule has 4 heteroatoms. The van der Waals surface area contributed by atoms with Gasteiger partial charge in [-0.2, -0.15) is 0 Å². The number of aromatic nitrogens is 1. The van der Waals surface area contributed by atoms with Crippen LogP contribution in [0, 0.1) is 5.92 Å². The van der Waals surface area contributed by atoms with E-state index in [0.717, 1.165) is 18.7 Å². The van der Waals surface area contributed by atoms with Crippen molar-refractivity contribution in [3.05, 3.63) is 18.5 Å². The Kier molecular flexibility index (Phi) is 2.77. The molecule has 2 heterocycles. The number of pyridine rings is 1. The second-order valence-corrected chi connectivity index (χ2v) is 4.21. The molecule has 1 aromatic rings. The molecule has 1 aliphatic heterocycles. The van der Waals surface area contributed by atoms with Crippen LogP contribution in [0.15, 0.2) is 18.5 Å². The van der Waals surface area contributed by atoms with Gasteiger partial charge in [-0.15, -0.1) is 0 Å². The van der Waals surface area contributed by atoms with Gasteiger partial charge in [-0.3, -0.25) is 4.98 Å². The summed E-state index contributed by atoms with van der Waals surface area (Å²) < 4.78 is 0. The van der Waals surface area contributed by atoms with E-state index in [9.17, 15) is 5.11 Å². The maximum atomic E-state index is 9.80. The van der Waals surface area contributed by atoms with Crippen LogP contribution in [0.1, 0.15) is 13.3 Å². The van der Waals surface area contributed by atoms with Crippen molar-refractivity contribution in [2.45, 2.75) is 19.4 Å². The quantitative estimate of drug-likeness (QED) is 0.717. The molecule has 0 radical (unpaired) electrons. The van der Waals surface area contributed by atoms with Gasteiger partial charge in [0.25, 0.3) is 0 Å². The van der Waals surface area contributed by atoms with Crippen molar-refractivity contribution in [2.75, 3.05) is 23.7 Å². The Bertz CT molecular complexity index is 342. The molecule has 0 bridgehead atoms. The lowest BCUT2D eigenvalue weighted by atomic mass is 9.95. The van der Waals surface area contributed by atoms with Crippen molar-refractivity contribution in [3.8, 4) is 0 Å². The Labute approximate surface area is 89.7 Å². The lowest BCUT2D eigenvalue weighted by Crippen LogP contribution is -2.43. The molecular weight excluding hydrogens is 190 g/mol. The van der Waals surface area contributed by atoms with E-state index >= 15 is 0 Å². The van der Waals surface area contributed by atoms with Crippen LogP contribution in [0.4, 0.5) is 11.4 Å². The van der Waals surface area contributed by atoms with Crippen molar-refractivity contribution < 1.29 is 5.11 Å². The fourth-order valence-corrected chi connectivity index (χ4v) is 1.96. The summed E-state index contributed by atoms with van der Waals surface area (Å²) in [4.78, 5) is 6.09. The molecule has 82 valence electrons. The second kappa shape index (κ2) is 4.06. The Hall–Kier alpha value is -1.29. The molecule has 1 aliphatic rings. The predicted molar refractivity (Wildman–Crippen MR) is 60.7 cm³/mol. The molecule has 0 spiro atoms. The third-order valence-corrected chi connectivity index (χ3v) is 3.09. The first-order valence-corrected chi connectivity index (χ1v) is 5.31. The largest absolute Gasteiger partial charge is 0.396 e. The van der Waals surface area contributed by atoms with Crippen molar-refractivity contribution >= 4 is 11.4 Å². The standard InChI is InChI=1S/C11H17N3O/c1-8-3-5-14(7-11(8)15)10-2-4-13-6-9(10)12/h2,4,6,8,11,15H,3,5,7,12H2,1H3. The maximum Gasteiger partial charge on any atom is 0.0741 e. The van der Waals surface area contributed by atoms with E-state index in [-0.39, 0.29) is 6.10 Å². The van der Waals surface area contributed by atoms with E-state index in [0.29, 0.717) is 18.2 Å². The average Bonchev–Trinajstić information content (AvgIpc) is 2.23. The van der Waals surface area contributed by atoms with Gasteiger partial charge >= 0.3 is 0 Å². The van der Waals surface area contributed by atoms with Crippen LogP contribution >= 0.6 is 0 Å². The Balaban J connectivity index is 2.15. The van der Waals surface area contributed by atoms with E-state index in [1.807, 2.05) is 6.07 Å². The van der Waals surface area contributed by atoms with E-state index < -0.39 is 0 Å². The molecular formula is C11H17N3O. The van der Waals surface area contributed by atoms with Crippen LogP contribution in [-0.4, -0.2) is 29.3 Å². The summed E-state index contributed by atoms with van der Waals surface area (Å²) in [5.74, 6) is 0.379. The highest BCUT2D eigenvalue weighted by Crippen LogP contribution is 2.26. The smallest absolute Gasteiger partial charge is 0.0741 e. The Morgan fingerprint density at radius 1 is 1.60 bits per heavy atom. The maximum absolute atomic E-state index is 9.80. The van der Waals surface area contributed by atoms with Crippen LogP contribution in [-0.2, 0) is 0 Å². The van der Waals surface area contributed by atoms with Gasteiger partial charge in [0.05, 0.1) is 23.7 Å². The molecule has 2 atom stereocenters. The van der Waals surface area contributed by atoms with Crippen LogP contribution < -0.4 is 10.6 Å². The van der Waals surface area contributed by atoms with Crippen molar-refractivity contribution in [3.63, 3.8) is 0 Å². The van der Waals surface area contributed by atoms with Gasteiger partial charge in [0.1, 0.15) is 0 Å². The highest BCUT2D eigenvalue weighted by Gasteiger charge is 2.25. The molecule has 0 aromatic carbocycles. The number of hydrogen-bond donors (Lipinski definition) is 2. The van der Waals surface area contributed by atoms with E-state index in [1.165, 1.54) is 0 Å². The van der Waals surface area contributed by atoms with Gasteiger partial charge in [-0.05, 0) is 18.4 Å².